The molecule has 0 aliphatic rings. The number of nitrogens with zero attached hydrogens (tertiary/aromatic N) is 2. The lowest BCUT2D eigenvalue weighted by Gasteiger charge is -2.08. The first-order valence-electron chi connectivity index (χ1n) is 9.31. The third-order valence-electron chi connectivity index (χ3n) is 5.35. The average Bonchev–Trinajstić information content (AvgIpc) is 3.37. The zero-order valence-electron chi connectivity index (χ0n) is 15.0. The van der Waals surface area contributed by atoms with E-state index < -0.39 is 0 Å². The fourth-order valence-electron chi connectivity index (χ4n) is 4.06. The molecule has 3 aromatic heterocycles. The molecular formula is C25H16N2O. The summed E-state index contributed by atoms with van der Waals surface area (Å²) < 4.78 is 7.89. The van der Waals surface area contributed by atoms with Crippen LogP contribution in [0.2, 0.25) is 0 Å². The predicted octanol–water partition coefficient (Wildman–Crippen LogP) is 6.59. The Hall–Kier alpha value is -3.85. The molecule has 6 aromatic rings. The molecule has 3 heteroatoms. The van der Waals surface area contributed by atoms with Crippen LogP contribution in [0.15, 0.2) is 102 Å². The molecule has 3 nitrogen and oxygen atoms in total. The molecule has 0 aliphatic heterocycles. The van der Waals surface area contributed by atoms with Crippen LogP contribution in [0.4, 0.5) is 0 Å². The molecule has 0 fully saturated rings. The molecule has 0 saturated carbocycles. The zero-order chi connectivity index (χ0) is 18.5. The Balaban J connectivity index is 1.66. The Bertz CT molecular complexity index is 1440. The van der Waals surface area contributed by atoms with Crippen LogP contribution in [0.1, 0.15) is 0 Å². The molecule has 3 aromatic carbocycles. The molecule has 0 atom stereocenters. The molecule has 132 valence electrons. The van der Waals surface area contributed by atoms with Crippen molar-refractivity contribution in [2.75, 3.05) is 0 Å². The Morgan fingerprint density at radius 3 is 2.36 bits per heavy atom. The highest BCUT2D eigenvalue weighted by atomic mass is 16.3. The number of aromatic nitrogens is 2. The van der Waals surface area contributed by atoms with Crippen LogP contribution in [0, 0.1) is 0 Å². The number of fused-ring (bicyclic) bond motifs is 5. The Morgan fingerprint density at radius 1 is 0.643 bits per heavy atom. The van der Waals surface area contributed by atoms with Crippen LogP contribution in [0.25, 0.3) is 49.7 Å². The van der Waals surface area contributed by atoms with E-state index in [4.69, 9.17) is 9.40 Å². The number of hydrogen-bond donors (Lipinski definition) is 0. The number of hydrogen-bond acceptors (Lipinski definition) is 2. The van der Waals surface area contributed by atoms with Crippen molar-refractivity contribution in [3.8, 4) is 16.9 Å². The predicted molar refractivity (Wildman–Crippen MR) is 114 cm³/mol. The second-order valence-electron chi connectivity index (χ2n) is 6.92. The summed E-state index contributed by atoms with van der Waals surface area (Å²) in [5.41, 5.74) is 5.44. The summed E-state index contributed by atoms with van der Waals surface area (Å²) in [4.78, 5) is 4.82. The van der Waals surface area contributed by atoms with Crippen molar-refractivity contribution in [1.29, 1.82) is 0 Å². The third-order valence-corrected chi connectivity index (χ3v) is 5.35. The molecular weight excluding hydrogens is 344 g/mol. The van der Waals surface area contributed by atoms with E-state index >= 15 is 0 Å². The molecule has 0 radical (unpaired) electrons. The minimum atomic E-state index is 0.887. The average molecular weight is 360 g/mol. The summed E-state index contributed by atoms with van der Waals surface area (Å²) in [6.07, 6.45) is 3.69. The maximum absolute atomic E-state index is 5.66. The Kier molecular flexibility index (Phi) is 3.17. The highest BCUT2D eigenvalue weighted by Crippen LogP contribution is 2.36. The monoisotopic (exact) mass is 360 g/mol. The van der Waals surface area contributed by atoms with Crippen molar-refractivity contribution < 1.29 is 4.42 Å². The maximum Gasteiger partial charge on any atom is 0.137 e. The van der Waals surface area contributed by atoms with Gasteiger partial charge in [-0.3, -0.25) is 4.57 Å². The van der Waals surface area contributed by atoms with Crippen molar-refractivity contribution in [2.24, 2.45) is 0 Å². The van der Waals surface area contributed by atoms with Gasteiger partial charge < -0.3 is 4.42 Å². The van der Waals surface area contributed by atoms with Crippen LogP contribution in [-0.4, -0.2) is 9.55 Å². The molecule has 0 unspecified atom stereocenters. The van der Waals surface area contributed by atoms with Gasteiger partial charge in [0, 0.05) is 27.9 Å². The fraction of sp³-hybridized carbons (Fsp3) is 0. The summed E-state index contributed by atoms with van der Waals surface area (Å²) in [6, 6.07) is 29.2. The van der Waals surface area contributed by atoms with E-state index in [2.05, 4.69) is 59.2 Å². The van der Waals surface area contributed by atoms with Crippen molar-refractivity contribution >= 4 is 32.8 Å². The van der Waals surface area contributed by atoms with Gasteiger partial charge in [0.25, 0.3) is 0 Å². The summed E-state index contributed by atoms with van der Waals surface area (Å²) >= 11 is 0. The summed E-state index contributed by atoms with van der Waals surface area (Å²) in [5.74, 6) is 0.902. The smallest absolute Gasteiger partial charge is 0.137 e. The van der Waals surface area contributed by atoms with E-state index in [1.165, 1.54) is 16.3 Å². The van der Waals surface area contributed by atoms with E-state index in [1.807, 2.05) is 36.5 Å². The molecule has 0 saturated heterocycles. The quantitative estimate of drug-likeness (QED) is 0.349. The first-order valence-corrected chi connectivity index (χ1v) is 9.31. The summed E-state index contributed by atoms with van der Waals surface area (Å²) in [6.45, 7) is 0. The van der Waals surface area contributed by atoms with Crippen molar-refractivity contribution in [1.82, 2.24) is 9.55 Å². The largest absolute Gasteiger partial charge is 0.464 e. The zero-order valence-corrected chi connectivity index (χ0v) is 15.0. The first kappa shape index (κ1) is 15.2. The highest BCUT2D eigenvalue weighted by Gasteiger charge is 2.16. The molecule has 28 heavy (non-hydrogen) atoms. The van der Waals surface area contributed by atoms with Crippen LogP contribution >= 0.6 is 0 Å². The summed E-state index contributed by atoms with van der Waals surface area (Å²) in [5, 5.41) is 3.52. The lowest BCUT2D eigenvalue weighted by molar-refractivity contribution is 0.616. The van der Waals surface area contributed by atoms with E-state index in [1.54, 1.807) is 6.26 Å². The molecule has 0 amide bonds. The number of pyridine rings is 1. The lowest BCUT2D eigenvalue weighted by Crippen LogP contribution is -1.97. The summed E-state index contributed by atoms with van der Waals surface area (Å²) in [7, 11) is 0. The molecule has 3 heterocycles. The van der Waals surface area contributed by atoms with Crippen LogP contribution in [0.5, 0.6) is 0 Å². The van der Waals surface area contributed by atoms with Gasteiger partial charge in [0.05, 0.1) is 17.3 Å². The van der Waals surface area contributed by atoms with Crippen molar-refractivity contribution in [3.05, 3.63) is 97.4 Å². The maximum atomic E-state index is 5.66. The molecule has 6 rings (SSSR count). The van der Waals surface area contributed by atoms with Crippen LogP contribution < -0.4 is 0 Å². The van der Waals surface area contributed by atoms with Crippen molar-refractivity contribution in [3.63, 3.8) is 0 Å². The molecule has 0 spiro atoms. The van der Waals surface area contributed by atoms with Gasteiger partial charge in [-0.2, -0.15) is 0 Å². The highest BCUT2D eigenvalue weighted by molar-refractivity contribution is 6.17. The second kappa shape index (κ2) is 5.83. The van der Waals surface area contributed by atoms with Gasteiger partial charge in [0.1, 0.15) is 11.4 Å². The van der Waals surface area contributed by atoms with Crippen molar-refractivity contribution in [2.45, 2.75) is 0 Å². The fourth-order valence-corrected chi connectivity index (χ4v) is 4.06. The number of benzene rings is 3. The second-order valence-corrected chi connectivity index (χ2v) is 6.92. The van der Waals surface area contributed by atoms with Crippen LogP contribution in [-0.2, 0) is 0 Å². The van der Waals surface area contributed by atoms with Gasteiger partial charge in [-0.25, -0.2) is 4.98 Å². The topological polar surface area (TPSA) is 31.0 Å². The number of furan rings is 1. The first-order chi connectivity index (χ1) is 13.9. The molecule has 0 aliphatic carbocycles. The lowest BCUT2D eigenvalue weighted by atomic mass is 10.1. The van der Waals surface area contributed by atoms with Crippen LogP contribution in [0.3, 0.4) is 0 Å². The normalized spacial score (nSPS) is 11.6. The SMILES string of the molecule is c1ccc(-c2ccc(-n3c4ccccc4c4ccc5occc5c43)nc2)cc1. The Morgan fingerprint density at radius 2 is 1.50 bits per heavy atom. The Labute approximate surface area is 161 Å². The third kappa shape index (κ3) is 2.13. The standard InChI is InChI=1S/C25H16N2O/c1-2-6-17(7-3-1)18-10-13-24(26-16-18)27-22-9-5-4-8-19(22)20-11-12-23-21(25(20)27)14-15-28-23/h1-16H. The van der Waals surface area contributed by atoms with Gasteiger partial charge in [-0.1, -0.05) is 48.5 Å². The van der Waals surface area contributed by atoms with Gasteiger partial charge in [0.15, 0.2) is 0 Å². The van der Waals surface area contributed by atoms with E-state index in [-0.39, 0.29) is 0 Å². The molecule has 0 N–H and O–H groups in total. The number of rotatable bonds is 2. The van der Waals surface area contributed by atoms with Gasteiger partial charge in [-0.15, -0.1) is 0 Å². The van der Waals surface area contributed by atoms with Gasteiger partial charge >= 0.3 is 0 Å². The number of para-hydroxylation sites is 1. The van der Waals surface area contributed by atoms with E-state index in [0.29, 0.717) is 0 Å². The van der Waals surface area contributed by atoms with Gasteiger partial charge in [0.2, 0.25) is 0 Å². The molecule has 0 bridgehead atoms. The van der Waals surface area contributed by atoms with Gasteiger partial charge in [-0.05, 0) is 42.0 Å². The van der Waals surface area contributed by atoms with E-state index in [0.717, 1.165) is 33.4 Å². The van der Waals surface area contributed by atoms with E-state index in [9.17, 15) is 0 Å². The minimum absolute atomic E-state index is 0.887. The minimum Gasteiger partial charge on any atom is -0.464 e.